The van der Waals surface area contributed by atoms with Gasteiger partial charge in [0.15, 0.2) is 0 Å². The Morgan fingerprint density at radius 3 is 2.57 bits per heavy atom. The standard InChI is InChI=1S/C13H15BrN2O4S/c1-2-20-12(18)8-21-7-11(17)15-16-13(19)9-5-3-4-6-10(9)14/h3-6H,2,7-8H2,1H3,(H,15,17)(H,16,19). The Hall–Kier alpha value is -1.54. The van der Waals surface area contributed by atoms with Gasteiger partial charge in [0.05, 0.1) is 23.7 Å². The molecule has 114 valence electrons. The molecule has 1 aromatic carbocycles. The van der Waals surface area contributed by atoms with E-state index in [2.05, 4.69) is 26.8 Å². The minimum absolute atomic E-state index is 0.0506. The van der Waals surface area contributed by atoms with Gasteiger partial charge in [-0.15, -0.1) is 11.8 Å². The van der Waals surface area contributed by atoms with Crippen LogP contribution in [0.2, 0.25) is 0 Å². The summed E-state index contributed by atoms with van der Waals surface area (Å²) in [5.41, 5.74) is 5.00. The zero-order chi connectivity index (χ0) is 15.7. The van der Waals surface area contributed by atoms with E-state index in [9.17, 15) is 14.4 Å². The molecule has 0 aliphatic carbocycles. The molecular formula is C13H15BrN2O4S. The van der Waals surface area contributed by atoms with Crippen LogP contribution in [0.25, 0.3) is 0 Å². The van der Waals surface area contributed by atoms with E-state index in [1.165, 1.54) is 0 Å². The lowest BCUT2D eigenvalue weighted by Crippen LogP contribution is -2.42. The van der Waals surface area contributed by atoms with Gasteiger partial charge in [0.2, 0.25) is 5.91 Å². The van der Waals surface area contributed by atoms with Crippen LogP contribution in [0, 0.1) is 0 Å². The van der Waals surface area contributed by atoms with E-state index >= 15 is 0 Å². The van der Waals surface area contributed by atoms with Crippen LogP contribution in [-0.2, 0) is 14.3 Å². The predicted molar refractivity (Wildman–Crippen MR) is 83.7 cm³/mol. The van der Waals surface area contributed by atoms with Crippen LogP contribution in [0.3, 0.4) is 0 Å². The molecular weight excluding hydrogens is 360 g/mol. The maximum atomic E-state index is 11.8. The van der Waals surface area contributed by atoms with Crippen LogP contribution in [0.1, 0.15) is 17.3 Å². The fraction of sp³-hybridized carbons (Fsp3) is 0.308. The molecule has 0 heterocycles. The highest BCUT2D eigenvalue weighted by atomic mass is 79.9. The number of hydrogen-bond donors (Lipinski definition) is 2. The van der Waals surface area contributed by atoms with Crippen LogP contribution in [0.5, 0.6) is 0 Å². The molecule has 2 amide bonds. The van der Waals surface area contributed by atoms with Crippen LogP contribution >= 0.6 is 27.7 Å². The number of carbonyl (C=O) groups excluding carboxylic acids is 3. The molecule has 8 heteroatoms. The first kappa shape index (κ1) is 17.5. The van der Waals surface area contributed by atoms with E-state index in [0.29, 0.717) is 16.6 Å². The van der Waals surface area contributed by atoms with Gasteiger partial charge in [0.1, 0.15) is 0 Å². The van der Waals surface area contributed by atoms with Crippen molar-refractivity contribution in [2.24, 2.45) is 0 Å². The van der Waals surface area contributed by atoms with Gasteiger partial charge in [-0.25, -0.2) is 0 Å². The topological polar surface area (TPSA) is 84.5 Å². The predicted octanol–water partition coefficient (Wildman–Crippen LogP) is 1.51. The van der Waals surface area contributed by atoms with E-state index in [4.69, 9.17) is 4.74 Å². The van der Waals surface area contributed by atoms with E-state index in [1.807, 2.05) is 0 Å². The summed E-state index contributed by atoms with van der Waals surface area (Å²) in [4.78, 5) is 34.4. The Bertz CT molecular complexity index is 525. The summed E-state index contributed by atoms with van der Waals surface area (Å²) in [6.45, 7) is 2.03. The lowest BCUT2D eigenvalue weighted by molar-refractivity contribution is -0.139. The number of carbonyl (C=O) groups is 3. The molecule has 0 aliphatic rings. The molecule has 6 nitrogen and oxygen atoms in total. The van der Waals surface area contributed by atoms with Crippen molar-refractivity contribution < 1.29 is 19.1 Å². The number of nitrogens with one attached hydrogen (secondary N) is 2. The second-order valence-corrected chi connectivity index (χ2v) is 5.62. The summed E-state index contributed by atoms with van der Waals surface area (Å²) in [5, 5.41) is 0. The molecule has 0 fully saturated rings. The molecule has 0 atom stereocenters. The van der Waals surface area contributed by atoms with Crippen molar-refractivity contribution in [3.8, 4) is 0 Å². The summed E-state index contributed by atoms with van der Waals surface area (Å²) >= 11 is 4.36. The number of ether oxygens (including phenoxy) is 1. The van der Waals surface area contributed by atoms with Gasteiger partial charge in [-0.2, -0.15) is 0 Å². The van der Waals surface area contributed by atoms with Gasteiger partial charge in [-0.05, 0) is 35.0 Å². The van der Waals surface area contributed by atoms with E-state index in [0.717, 1.165) is 11.8 Å². The minimum atomic E-state index is -0.425. The first-order chi connectivity index (χ1) is 10.0. The maximum Gasteiger partial charge on any atom is 0.315 e. The summed E-state index contributed by atoms with van der Waals surface area (Å²) < 4.78 is 5.36. The summed E-state index contributed by atoms with van der Waals surface area (Å²) in [6, 6.07) is 6.86. The smallest absolute Gasteiger partial charge is 0.315 e. The molecule has 21 heavy (non-hydrogen) atoms. The Labute approximate surface area is 135 Å². The van der Waals surface area contributed by atoms with Crippen molar-refractivity contribution >= 4 is 45.5 Å². The number of rotatable bonds is 6. The number of benzene rings is 1. The van der Waals surface area contributed by atoms with Crippen LogP contribution in [-0.4, -0.2) is 35.9 Å². The van der Waals surface area contributed by atoms with Crippen molar-refractivity contribution in [2.75, 3.05) is 18.1 Å². The third kappa shape index (κ3) is 6.63. The molecule has 0 radical (unpaired) electrons. The molecule has 0 unspecified atom stereocenters. The van der Waals surface area contributed by atoms with Crippen LogP contribution in [0.4, 0.5) is 0 Å². The lowest BCUT2D eigenvalue weighted by Gasteiger charge is -2.08. The maximum absolute atomic E-state index is 11.8. The highest BCUT2D eigenvalue weighted by Gasteiger charge is 2.10. The molecule has 0 aromatic heterocycles. The van der Waals surface area contributed by atoms with Crippen LogP contribution < -0.4 is 10.9 Å². The summed E-state index contributed by atoms with van der Waals surface area (Å²) in [5.74, 6) is -1.04. The Kier molecular flexibility index (Phi) is 7.84. The number of halogens is 1. The monoisotopic (exact) mass is 374 g/mol. The number of thioether (sulfide) groups is 1. The Balaban J connectivity index is 2.29. The number of hydrazine groups is 1. The average molecular weight is 375 g/mol. The van der Waals surface area contributed by atoms with Crippen molar-refractivity contribution in [3.63, 3.8) is 0 Å². The Morgan fingerprint density at radius 2 is 1.90 bits per heavy atom. The number of amides is 2. The third-order valence-corrected chi connectivity index (χ3v) is 3.79. The van der Waals surface area contributed by atoms with Crippen molar-refractivity contribution in [1.29, 1.82) is 0 Å². The van der Waals surface area contributed by atoms with Gasteiger partial charge in [-0.1, -0.05) is 12.1 Å². The van der Waals surface area contributed by atoms with Crippen molar-refractivity contribution in [3.05, 3.63) is 34.3 Å². The molecule has 0 spiro atoms. The fourth-order valence-corrected chi connectivity index (χ4v) is 2.38. The zero-order valence-corrected chi connectivity index (χ0v) is 13.8. The van der Waals surface area contributed by atoms with E-state index in [1.54, 1.807) is 31.2 Å². The van der Waals surface area contributed by atoms with Crippen LogP contribution in [0.15, 0.2) is 28.7 Å². The molecule has 0 aliphatic heterocycles. The first-order valence-corrected chi connectivity index (χ1v) is 8.06. The van der Waals surface area contributed by atoms with Crippen molar-refractivity contribution in [1.82, 2.24) is 10.9 Å². The van der Waals surface area contributed by atoms with Gasteiger partial charge in [0.25, 0.3) is 5.91 Å². The third-order valence-electron chi connectivity index (χ3n) is 2.19. The molecule has 0 saturated heterocycles. The molecule has 0 saturated carbocycles. The van der Waals surface area contributed by atoms with E-state index in [-0.39, 0.29) is 17.5 Å². The highest BCUT2D eigenvalue weighted by molar-refractivity contribution is 9.10. The zero-order valence-electron chi connectivity index (χ0n) is 11.3. The number of hydrogen-bond acceptors (Lipinski definition) is 5. The van der Waals surface area contributed by atoms with Gasteiger partial charge in [-0.3, -0.25) is 25.2 Å². The van der Waals surface area contributed by atoms with E-state index < -0.39 is 11.8 Å². The minimum Gasteiger partial charge on any atom is -0.465 e. The highest BCUT2D eigenvalue weighted by Crippen LogP contribution is 2.15. The number of esters is 1. The summed E-state index contributed by atoms with van der Waals surface area (Å²) in [7, 11) is 0. The Morgan fingerprint density at radius 1 is 1.19 bits per heavy atom. The fourth-order valence-electron chi connectivity index (χ4n) is 1.30. The summed E-state index contributed by atoms with van der Waals surface area (Å²) in [6.07, 6.45) is 0. The van der Waals surface area contributed by atoms with Gasteiger partial charge < -0.3 is 4.74 Å². The van der Waals surface area contributed by atoms with Crippen molar-refractivity contribution in [2.45, 2.75) is 6.92 Å². The first-order valence-electron chi connectivity index (χ1n) is 6.11. The second-order valence-electron chi connectivity index (χ2n) is 3.78. The lowest BCUT2D eigenvalue weighted by atomic mass is 10.2. The molecule has 0 bridgehead atoms. The average Bonchev–Trinajstić information content (AvgIpc) is 2.45. The second kappa shape index (κ2) is 9.41. The SMILES string of the molecule is CCOC(=O)CSCC(=O)NNC(=O)c1ccccc1Br. The largest absolute Gasteiger partial charge is 0.465 e. The van der Waals surface area contributed by atoms with Gasteiger partial charge >= 0.3 is 5.97 Å². The normalized spacial score (nSPS) is 9.81. The molecule has 2 N–H and O–H groups in total. The molecule has 1 aromatic rings. The quantitative estimate of drug-likeness (QED) is 0.582. The van der Waals surface area contributed by atoms with Gasteiger partial charge in [0, 0.05) is 4.47 Å². The molecule has 1 rings (SSSR count).